The summed E-state index contributed by atoms with van der Waals surface area (Å²) >= 11 is 0. The molecule has 2 aromatic carbocycles. The number of carbonyl (C=O) groups excluding carboxylic acids is 2. The Labute approximate surface area is 179 Å². The molecule has 6 rings (SSSR count). The van der Waals surface area contributed by atoms with Crippen molar-refractivity contribution in [2.75, 3.05) is 39.8 Å². The summed E-state index contributed by atoms with van der Waals surface area (Å²) in [5.41, 5.74) is 1.70. The lowest BCUT2D eigenvalue weighted by Crippen LogP contribution is -2.51. The number of rotatable bonds is 3. The number of fused-ring (bicyclic) bond motifs is 2. The number of carbonyl (C=O) groups is 2. The zero-order valence-corrected chi connectivity index (χ0v) is 16.9. The Hall–Kier alpha value is -3.42. The minimum Gasteiger partial charge on any atom is -0.454 e. The molecule has 0 bridgehead atoms. The Morgan fingerprint density at radius 1 is 0.742 bits per heavy atom. The van der Waals surface area contributed by atoms with Crippen LogP contribution in [0.4, 0.5) is 0 Å². The van der Waals surface area contributed by atoms with Gasteiger partial charge in [0.1, 0.15) is 0 Å². The van der Waals surface area contributed by atoms with Gasteiger partial charge < -0.3 is 28.7 Å². The van der Waals surface area contributed by atoms with Gasteiger partial charge in [0.05, 0.1) is 0 Å². The topological polar surface area (TPSA) is 77.5 Å². The number of amides is 2. The SMILES string of the molecule is O=C(c1ccc2c(c1)OCO2)N1CCN(C(=O)C2CC2c2ccc3c(c2)OCO3)CC1. The molecular weight excluding hydrogens is 400 g/mol. The average molecular weight is 422 g/mol. The van der Waals surface area contributed by atoms with Crippen LogP contribution in [-0.4, -0.2) is 61.4 Å². The molecule has 3 heterocycles. The van der Waals surface area contributed by atoms with Gasteiger partial charge >= 0.3 is 0 Å². The fourth-order valence-electron chi connectivity index (χ4n) is 4.56. The van der Waals surface area contributed by atoms with Gasteiger partial charge in [-0.1, -0.05) is 6.07 Å². The molecule has 31 heavy (non-hydrogen) atoms. The van der Waals surface area contributed by atoms with Crippen molar-refractivity contribution >= 4 is 11.8 Å². The molecule has 8 heteroatoms. The molecule has 2 unspecified atom stereocenters. The van der Waals surface area contributed by atoms with Crippen LogP contribution in [0.5, 0.6) is 23.0 Å². The van der Waals surface area contributed by atoms with Crippen LogP contribution in [0.3, 0.4) is 0 Å². The fourth-order valence-corrected chi connectivity index (χ4v) is 4.56. The third kappa shape index (κ3) is 3.22. The van der Waals surface area contributed by atoms with Gasteiger partial charge in [-0.2, -0.15) is 0 Å². The maximum atomic E-state index is 13.0. The van der Waals surface area contributed by atoms with Crippen LogP contribution in [0.2, 0.25) is 0 Å². The minimum atomic E-state index is -0.0462. The van der Waals surface area contributed by atoms with Crippen molar-refractivity contribution in [1.29, 1.82) is 0 Å². The summed E-state index contributed by atoms with van der Waals surface area (Å²) in [6, 6.07) is 11.2. The van der Waals surface area contributed by atoms with Gasteiger partial charge in [-0.05, 0) is 48.2 Å². The number of piperazine rings is 1. The average Bonchev–Trinajstić information content (AvgIpc) is 3.23. The predicted octanol–water partition coefficient (Wildman–Crippen LogP) is 2.23. The highest BCUT2D eigenvalue weighted by atomic mass is 16.7. The van der Waals surface area contributed by atoms with E-state index in [1.165, 1.54) is 0 Å². The van der Waals surface area contributed by atoms with Crippen molar-refractivity contribution < 1.29 is 28.5 Å². The molecule has 2 atom stereocenters. The van der Waals surface area contributed by atoms with Crippen LogP contribution in [0.1, 0.15) is 28.3 Å². The molecule has 2 fully saturated rings. The number of hydrogen-bond donors (Lipinski definition) is 0. The number of hydrogen-bond acceptors (Lipinski definition) is 6. The number of benzene rings is 2. The zero-order valence-electron chi connectivity index (χ0n) is 16.9. The molecule has 8 nitrogen and oxygen atoms in total. The maximum Gasteiger partial charge on any atom is 0.254 e. The van der Waals surface area contributed by atoms with Gasteiger partial charge in [-0.25, -0.2) is 0 Å². The Morgan fingerprint density at radius 3 is 2.10 bits per heavy atom. The van der Waals surface area contributed by atoms with Gasteiger partial charge in [0.15, 0.2) is 23.0 Å². The second-order valence-corrected chi connectivity index (χ2v) is 8.25. The summed E-state index contributed by atoms with van der Waals surface area (Å²) in [6.07, 6.45) is 0.856. The first kappa shape index (κ1) is 18.4. The molecule has 3 aliphatic heterocycles. The van der Waals surface area contributed by atoms with Crippen molar-refractivity contribution in [3.63, 3.8) is 0 Å². The summed E-state index contributed by atoms with van der Waals surface area (Å²) in [5.74, 6) is 3.15. The monoisotopic (exact) mass is 422 g/mol. The van der Waals surface area contributed by atoms with Crippen molar-refractivity contribution in [2.45, 2.75) is 12.3 Å². The molecule has 2 aromatic rings. The largest absolute Gasteiger partial charge is 0.454 e. The summed E-state index contributed by atoms with van der Waals surface area (Å²) in [7, 11) is 0. The van der Waals surface area contributed by atoms with E-state index in [2.05, 4.69) is 0 Å². The molecular formula is C23H22N2O6. The van der Waals surface area contributed by atoms with Crippen LogP contribution in [0, 0.1) is 5.92 Å². The first-order valence-corrected chi connectivity index (χ1v) is 10.5. The number of ether oxygens (including phenoxy) is 4. The molecule has 1 aliphatic carbocycles. The first-order chi connectivity index (χ1) is 15.2. The highest BCUT2D eigenvalue weighted by Crippen LogP contribution is 2.50. The quantitative estimate of drug-likeness (QED) is 0.755. The first-order valence-electron chi connectivity index (χ1n) is 10.5. The molecule has 0 aromatic heterocycles. The lowest BCUT2D eigenvalue weighted by atomic mass is 10.1. The molecule has 4 aliphatic rings. The number of nitrogens with zero attached hydrogens (tertiary/aromatic N) is 2. The van der Waals surface area contributed by atoms with Crippen LogP contribution < -0.4 is 18.9 Å². The van der Waals surface area contributed by atoms with E-state index in [0.717, 1.165) is 23.5 Å². The molecule has 1 saturated carbocycles. The van der Waals surface area contributed by atoms with E-state index in [0.29, 0.717) is 43.2 Å². The Morgan fingerprint density at radius 2 is 1.35 bits per heavy atom. The second kappa shape index (κ2) is 7.08. The van der Waals surface area contributed by atoms with Crippen molar-refractivity contribution in [3.05, 3.63) is 47.5 Å². The Kier molecular flexibility index (Phi) is 4.19. The van der Waals surface area contributed by atoms with E-state index >= 15 is 0 Å². The molecule has 1 saturated heterocycles. The van der Waals surface area contributed by atoms with E-state index in [-0.39, 0.29) is 37.2 Å². The van der Waals surface area contributed by atoms with Crippen LogP contribution in [0.25, 0.3) is 0 Å². The summed E-state index contributed by atoms with van der Waals surface area (Å²) in [5, 5.41) is 0. The predicted molar refractivity (Wildman–Crippen MR) is 108 cm³/mol. The highest BCUT2D eigenvalue weighted by Gasteiger charge is 2.46. The highest BCUT2D eigenvalue weighted by molar-refractivity contribution is 5.95. The van der Waals surface area contributed by atoms with Gasteiger partial charge in [0.25, 0.3) is 5.91 Å². The van der Waals surface area contributed by atoms with Crippen LogP contribution >= 0.6 is 0 Å². The lowest BCUT2D eigenvalue weighted by Gasteiger charge is -2.35. The second-order valence-electron chi connectivity index (χ2n) is 8.25. The van der Waals surface area contributed by atoms with E-state index in [1.54, 1.807) is 23.1 Å². The van der Waals surface area contributed by atoms with Crippen molar-refractivity contribution in [3.8, 4) is 23.0 Å². The maximum absolute atomic E-state index is 13.0. The standard InChI is InChI=1S/C23H22N2O6/c26-22(15-2-4-19-21(10-15)31-13-29-19)24-5-7-25(8-6-24)23(27)17-11-16(17)14-1-3-18-20(9-14)30-12-28-18/h1-4,9-10,16-17H,5-8,11-13H2. The lowest BCUT2D eigenvalue weighted by molar-refractivity contribution is -0.134. The van der Waals surface area contributed by atoms with E-state index < -0.39 is 0 Å². The Bertz CT molecular complexity index is 1060. The van der Waals surface area contributed by atoms with Gasteiger partial charge in [0.2, 0.25) is 19.5 Å². The molecule has 0 radical (unpaired) electrons. The van der Waals surface area contributed by atoms with E-state index in [9.17, 15) is 9.59 Å². The molecule has 0 N–H and O–H groups in total. The Balaban J connectivity index is 1.06. The van der Waals surface area contributed by atoms with Gasteiger partial charge in [0, 0.05) is 37.7 Å². The summed E-state index contributed by atoms with van der Waals surface area (Å²) < 4.78 is 21.5. The van der Waals surface area contributed by atoms with Gasteiger partial charge in [-0.3, -0.25) is 9.59 Å². The normalized spacial score (nSPS) is 23.1. The van der Waals surface area contributed by atoms with Crippen LogP contribution in [0.15, 0.2) is 36.4 Å². The summed E-state index contributed by atoms with van der Waals surface area (Å²) in [6.45, 7) is 2.60. The molecule has 160 valence electrons. The van der Waals surface area contributed by atoms with E-state index in [4.69, 9.17) is 18.9 Å². The molecule has 2 amide bonds. The van der Waals surface area contributed by atoms with Gasteiger partial charge in [-0.15, -0.1) is 0 Å². The van der Waals surface area contributed by atoms with Crippen molar-refractivity contribution in [1.82, 2.24) is 9.80 Å². The minimum absolute atomic E-state index is 0.0106. The fraction of sp³-hybridized carbons (Fsp3) is 0.391. The summed E-state index contributed by atoms with van der Waals surface area (Å²) in [4.78, 5) is 29.5. The molecule has 0 spiro atoms. The smallest absolute Gasteiger partial charge is 0.254 e. The van der Waals surface area contributed by atoms with Crippen LogP contribution in [-0.2, 0) is 4.79 Å². The zero-order chi connectivity index (χ0) is 20.9. The van der Waals surface area contributed by atoms with Crippen molar-refractivity contribution in [2.24, 2.45) is 5.92 Å². The third-order valence-electron chi connectivity index (χ3n) is 6.43. The third-order valence-corrected chi connectivity index (χ3v) is 6.43. The van der Waals surface area contributed by atoms with E-state index in [1.807, 2.05) is 23.1 Å².